The van der Waals surface area contributed by atoms with Gasteiger partial charge in [-0.3, -0.25) is 9.59 Å². The highest BCUT2D eigenvalue weighted by molar-refractivity contribution is 5.90. The van der Waals surface area contributed by atoms with Crippen LogP contribution in [0.5, 0.6) is 0 Å². The molecular weight excluding hydrogens is 264 g/mol. The van der Waals surface area contributed by atoms with Gasteiger partial charge < -0.3 is 10.6 Å². The first-order valence-electron chi connectivity index (χ1n) is 7.74. The number of carbonyl (C=O) groups is 2. The van der Waals surface area contributed by atoms with E-state index in [2.05, 4.69) is 30.5 Å². The summed E-state index contributed by atoms with van der Waals surface area (Å²) in [7, 11) is 0. The first-order valence-corrected chi connectivity index (χ1v) is 7.74. The van der Waals surface area contributed by atoms with Gasteiger partial charge in [0, 0.05) is 24.6 Å². The Hall–Kier alpha value is -1.84. The summed E-state index contributed by atoms with van der Waals surface area (Å²) in [6.45, 7) is 4.84. The van der Waals surface area contributed by atoms with Crippen LogP contribution in [0.1, 0.15) is 51.0 Å². The summed E-state index contributed by atoms with van der Waals surface area (Å²) in [5.41, 5.74) is 2.05. The van der Waals surface area contributed by atoms with Gasteiger partial charge in [0.25, 0.3) is 0 Å². The smallest absolute Gasteiger partial charge is 0.224 e. The van der Waals surface area contributed by atoms with Crippen LogP contribution >= 0.6 is 0 Å². The highest BCUT2D eigenvalue weighted by Gasteiger charge is 2.28. The van der Waals surface area contributed by atoms with Crippen molar-refractivity contribution in [1.82, 2.24) is 5.32 Å². The molecule has 1 fully saturated rings. The molecule has 4 nitrogen and oxygen atoms in total. The Morgan fingerprint density at radius 1 is 1.29 bits per heavy atom. The Kier molecular flexibility index (Phi) is 5.37. The van der Waals surface area contributed by atoms with Crippen molar-refractivity contribution in [3.63, 3.8) is 0 Å². The van der Waals surface area contributed by atoms with Crippen molar-refractivity contribution in [3.8, 4) is 0 Å². The summed E-state index contributed by atoms with van der Waals surface area (Å²) in [4.78, 5) is 23.3. The number of hydrogen-bond acceptors (Lipinski definition) is 2. The monoisotopic (exact) mass is 288 g/mol. The Labute approximate surface area is 126 Å². The van der Waals surface area contributed by atoms with E-state index >= 15 is 0 Å². The van der Waals surface area contributed by atoms with Crippen molar-refractivity contribution in [3.05, 3.63) is 29.8 Å². The van der Waals surface area contributed by atoms with Crippen LogP contribution in [-0.2, 0) is 9.59 Å². The molecule has 0 unspecified atom stereocenters. The number of hydrogen-bond donors (Lipinski definition) is 2. The van der Waals surface area contributed by atoms with Crippen LogP contribution in [-0.4, -0.2) is 18.4 Å². The number of benzene rings is 1. The predicted molar refractivity (Wildman–Crippen MR) is 84.1 cm³/mol. The summed E-state index contributed by atoms with van der Waals surface area (Å²) in [6, 6.07) is 7.94. The molecule has 4 heteroatoms. The highest BCUT2D eigenvalue weighted by Crippen LogP contribution is 2.28. The lowest BCUT2D eigenvalue weighted by atomic mass is 10.0. The molecule has 1 aliphatic rings. The van der Waals surface area contributed by atoms with Crippen molar-refractivity contribution < 1.29 is 9.59 Å². The van der Waals surface area contributed by atoms with Crippen LogP contribution in [0.3, 0.4) is 0 Å². The number of rotatable bonds is 7. The quantitative estimate of drug-likeness (QED) is 0.758. The Bertz CT molecular complexity index is 507. The van der Waals surface area contributed by atoms with Crippen molar-refractivity contribution in [1.29, 1.82) is 0 Å². The molecule has 0 aliphatic heterocycles. The van der Waals surface area contributed by atoms with Gasteiger partial charge in [-0.1, -0.05) is 26.0 Å². The van der Waals surface area contributed by atoms with E-state index in [1.807, 2.05) is 18.2 Å². The van der Waals surface area contributed by atoms with Gasteiger partial charge in [0.05, 0.1) is 0 Å². The molecule has 0 radical (unpaired) electrons. The summed E-state index contributed by atoms with van der Waals surface area (Å²) < 4.78 is 0. The highest BCUT2D eigenvalue weighted by atomic mass is 16.2. The lowest BCUT2D eigenvalue weighted by molar-refractivity contribution is -0.122. The minimum absolute atomic E-state index is 0.00317. The van der Waals surface area contributed by atoms with Crippen molar-refractivity contribution in [2.24, 2.45) is 5.92 Å². The molecule has 1 aliphatic carbocycles. The lowest BCUT2D eigenvalue weighted by Crippen LogP contribution is -2.26. The number of carbonyl (C=O) groups excluding carboxylic acids is 2. The third-order valence-corrected chi connectivity index (χ3v) is 3.67. The maximum Gasteiger partial charge on any atom is 0.224 e. The van der Waals surface area contributed by atoms with E-state index in [1.165, 1.54) is 5.56 Å². The zero-order valence-electron chi connectivity index (χ0n) is 12.8. The molecule has 2 rings (SSSR count). The molecule has 2 N–H and O–H groups in total. The molecule has 114 valence electrons. The largest absolute Gasteiger partial charge is 0.356 e. The molecule has 1 aromatic carbocycles. The van der Waals surface area contributed by atoms with Crippen molar-refractivity contribution >= 4 is 17.5 Å². The van der Waals surface area contributed by atoms with Crippen molar-refractivity contribution in [2.75, 3.05) is 11.9 Å². The molecule has 0 aromatic heterocycles. The normalized spacial score (nSPS) is 14.0. The molecule has 1 saturated carbocycles. The SMILES string of the molecule is CC(C)c1cccc(NC(=O)CCCNC(=O)C2CC2)c1. The molecule has 21 heavy (non-hydrogen) atoms. The second kappa shape index (κ2) is 7.25. The van der Waals surface area contributed by atoms with Gasteiger partial charge in [-0.25, -0.2) is 0 Å². The fraction of sp³-hybridized carbons (Fsp3) is 0.529. The minimum Gasteiger partial charge on any atom is -0.356 e. The summed E-state index contributed by atoms with van der Waals surface area (Å²) in [5.74, 6) is 0.814. The molecule has 1 aromatic rings. The van der Waals surface area contributed by atoms with E-state index in [9.17, 15) is 9.59 Å². The van der Waals surface area contributed by atoms with Crippen LogP contribution < -0.4 is 10.6 Å². The van der Waals surface area contributed by atoms with Crippen LogP contribution in [0.15, 0.2) is 24.3 Å². The number of nitrogens with one attached hydrogen (secondary N) is 2. The average molecular weight is 288 g/mol. The Morgan fingerprint density at radius 3 is 2.71 bits per heavy atom. The summed E-state index contributed by atoms with van der Waals surface area (Å²) in [5, 5.41) is 5.78. The van der Waals surface area contributed by atoms with E-state index in [0.29, 0.717) is 25.3 Å². The molecule has 0 heterocycles. The van der Waals surface area contributed by atoms with Gasteiger partial charge in [-0.2, -0.15) is 0 Å². The summed E-state index contributed by atoms with van der Waals surface area (Å²) in [6.07, 6.45) is 3.13. The summed E-state index contributed by atoms with van der Waals surface area (Å²) >= 11 is 0. The van der Waals surface area contributed by atoms with Crippen LogP contribution in [0.2, 0.25) is 0 Å². The van der Waals surface area contributed by atoms with E-state index in [4.69, 9.17) is 0 Å². The van der Waals surface area contributed by atoms with E-state index in [1.54, 1.807) is 0 Å². The fourth-order valence-electron chi connectivity index (χ4n) is 2.15. The lowest BCUT2D eigenvalue weighted by Gasteiger charge is -2.09. The van der Waals surface area contributed by atoms with Gasteiger partial charge >= 0.3 is 0 Å². The second-order valence-electron chi connectivity index (χ2n) is 6.00. The van der Waals surface area contributed by atoms with E-state index < -0.39 is 0 Å². The Morgan fingerprint density at radius 2 is 2.05 bits per heavy atom. The van der Waals surface area contributed by atoms with Gasteiger partial charge in [-0.05, 0) is 42.9 Å². The van der Waals surface area contributed by atoms with E-state index in [-0.39, 0.29) is 17.7 Å². The minimum atomic E-state index is -0.00317. The Balaban J connectivity index is 1.68. The predicted octanol–water partition coefficient (Wildman–Crippen LogP) is 3.05. The topological polar surface area (TPSA) is 58.2 Å². The molecule has 0 spiro atoms. The third-order valence-electron chi connectivity index (χ3n) is 3.67. The first kappa shape index (κ1) is 15.5. The van der Waals surface area contributed by atoms with E-state index in [0.717, 1.165) is 18.5 Å². The number of amides is 2. The van der Waals surface area contributed by atoms with Gasteiger partial charge in [0.2, 0.25) is 11.8 Å². The first-order chi connectivity index (χ1) is 10.1. The molecule has 0 bridgehead atoms. The van der Waals surface area contributed by atoms with Crippen LogP contribution in [0, 0.1) is 5.92 Å². The van der Waals surface area contributed by atoms with Gasteiger partial charge in [0.15, 0.2) is 0 Å². The fourth-order valence-corrected chi connectivity index (χ4v) is 2.15. The maximum absolute atomic E-state index is 11.9. The molecular formula is C17H24N2O2. The van der Waals surface area contributed by atoms with Crippen LogP contribution in [0.4, 0.5) is 5.69 Å². The third kappa shape index (κ3) is 5.21. The number of anilines is 1. The van der Waals surface area contributed by atoms with Gasteiger partial charge in [0.1, 0.15) is 0 Å². The average Bonchev–Trinajstić information content (AvgIpc) is 3.28. The molecule has 2 amide bonds. The van der Waals surface area contributed by atoms with Crippen molar-refractivity contribution in [2.45, 2.75) is 45.4 Å². The van der Waals surface area contributed by atoms with Gasteiger partial charge in [-0.15, -0.1) is 0 Å². The zero-order valence-corrected chi connectivity index (χ0v) is 12.8. The zero-order chi connectivity index (χ0) is 15.2. The second-order valence-corrected chi connectivity index (χ2v) is 6.00. The standard InChI is InChI=1S/C17H24N2O2/c1-12(2)14-5-3-6-15(11-14)19-16(20)7-4-10-18-17(21)13-8-9-13/h3,5-6,11-13H,4,7-10H2,1-2H3,(H,18,21)(H,19,20). The maximum atomic E-state index is 11.9. The molecule has 0 saturated heterocycles. The molecule has 0 atom stereocenters. The van der Waals surface area contributed by atoms with Crippen LogP contribution in [0.25, 0.3) is 0 Å².